The van der Waals surface area contributed by atoms with Crippen LogP contribution in [0, 0.1) is 0 Å². The molecule has 1 atom stereocenters. The normalized spacial score (nSPS) is 12.9. The molecule has 0 saturated carbocycles. The Hall–Kier alpha value is -2.32. The number of carbonyl (C=O) groups excluding carboxylic acids is 3. The first kappa shape index (κ1) is 46.7. The Labute approximate surface area is 297 Å². The number of unbranched alkanes of at least 4 members (excludes halogenated alkanes) is 15. The van der Waals surface area contributed by atoms with Gasteiger partial charge in [-0.3, -0.25) is 18.9 Å². The summed E-state index contributed by atoms with van der Waals surface area (Å²) in [7, 11) is -4.80. The van der Waals surface area contributed by atoms with E-state index in [1.807, 2.05) is 12.2 Å². The standard InChI is InChI=1S/C39H67O9P/c1-3-5-7-9-11-13-15-17-19-21-23-25-27-30-36(40)31-29-33-38(41)46-34-37(35-47-49(43,44)45)48-39(42)32-28-26-24-22-20-18-16-14-12-10-8-6-4-2/h11,13,17,19,23,25,27,30,37H,3-10,12,14-16,18,20-22,24,26,28-29,31-35H2,1-2H3,(H2,43,44,45)/b13-11-,19-17-,25-23-,30-27+/t37-/m1/s1. The average Bonchev–Trinajstić information content (AvgIpc) is 3.06. The highest BCUT2D eigenvalue weighted by molar-refractivity contribution is 7.46. The number of allylic oxidation sites excluding steroid dienone is 8. The zero-order valence-corrected chi connectivity index (χ0v) is 31.5. The van der Waals surface area contributed by atoms with Crippen molar-refractivity contribution in [3.05, 3.63) is 48.6 Å². The van der Waals surface area contributed by atoms with E-state index in [0.29, 0.717) is 6.42 Å². The van der Waals surface area contributed by atoms with Crippen LogP contribution in [0.5, 0.6) is 0 Å². The largest absolute Gasteiger partial charge is 0.469 e. The van der Waals surface area contributed by atoms with Crippen molar-refractivity contribution in [3.63, 3.8) is 0 Å². The van der Waals surface area contributed by atoms with E-state index in [1.165, 1.54) is 83.1 Å². The van der Waals surface area contributed by atoms with Crippen LogP contribution in [-0.2, 0) is 32.9 Å². The number of ketones is 1. The summed E-state index contributed by atoms with van der Waals surface area (Å²) < 4.78 is 26.1. The Morgan fingerprint density at radius 3 is 1.73 bits per heavy atom. The van der Waals surface area contributed by atoms with Crippen LogP contribution in [0.1, 0.15) is 162 Å². The lowest BCUT2D eigenvalue weighted by molar-refractivity contribution is -0.161. The molecule has 0 aliphatic carbocycles. The lowest BCUT2D eigenvalue weighted by atomic mass is 10.0. The van der Waals surface area contributed by atoms with Crippen LogP contribution in [0.2, 0.25) is 0 Å². The van der Waals surface area contributed by atoms with Gasteiger partial charge in [0, 0.05) is 19.3 Å². The number of phosphoric acid groups is 1. The van der Waals surface area contributed by atoms with Crippen molar-refractivity contribution in [2.75, 3.05) is 13.2 Å². The van der Waals surface area contributed by atoms with Gasteiger partial charge in [-0.05, 0) is 44.6 Å². The summed E-state index contributed by atoms with van der Waals surface area (Å²) in [6.45, 7) is 3.43. The molecule has 0 spiro atoms. The van der Waals surface area contributed by atoms with Crippen molar-refractivity contribution in [2.24, 2.45) is 0 Å². The number of hydrogen-bond acceptors (Lipinski definition) is 7. The van der Waals surface area contributed by atoms with Crippen LogP contribution in [0.4, 0.5) is 0 Å². The van der Waals surface area contributed by atoms with E-state index in [4.69, 9.17) is 19.3 Å². The maximum absolute atomic E-state index is 12.3. The van der Waals surface area contributed by atoms with E-state index in [2.05, 4.69) is 42.7 Å². The fourth-order valence-electron chi connectivity index (χ4n) is 4.97. The average molecular weight is 711 g/mol. The first-order valence-corrected chi connectivity index (χ1v) is 20.4. The second-order valence-electron chi connectivity index (χ2n) is 12.6. The van der Waals surface area contributed by atoms with Gasteiger partial charge in [-0.2, -0.15) is 0 Å². The fraction of sp³-hybridized carbons (Fsp3) is 0.718. The van der Waals surface area contributed by atoms with Crippen molar-refractivity contribution in [1.82, 2.24) is 0 Å². The molecule has 2 N–H and O–H groups in total. The van der Waals surface area contributed by atoms with E-state index in [-0.39, 0.29) is 31.5 Å². The summed E-state index contributed by atoms with van der Waals surface area (Å²) >= 11 is 0. The number of hydrogen-bond donors (Lipinski definition) is 2. The minimum absolute atomic E-state index is 0.0216. The molecule has 0 saturated heterocycles. The van der Waals surface area contributed by atoms with Crippen LogP contribution in [0.3, 0.4) is 0 Å². The quantitative estimate of drug-likeness (QED) is 0.0167. The number of rotatable bonds is 34. The molecule has 0 amide bonds. The van der Waals surface area contributed by atoms with E-state index >= 15 is 0 Å². The summed E-state index contributed by atoms with van der Waals surface area (Å²) in [5, 5.41) is 0. The molecule has 9 nitrogen and oxygen atoms in total. The smallest absolute Gasteiger partial charge is 0.462 e. The molecule has 0 aliphatic rings. The van der Waals surface area contributed by atoms with E-state index in [0.717, 1.165) is 38.5 Å². The molecule has 0 unspecified atom stereocenters. The molecule has 0 aromatic rings. The highest BCUT2D eigenvalue weighted by Crippen LogP contribution is 2.36. The summed E-state index contributed by atoms with van der Waals surface area (Å²) in [5.74, 6) is -1.25. The van der Waals surface area contributed by atoms with Crippen molar-refractivity contribution >= 4 is 25.5 Å². The summed E-state index contributed by atoms with van der Waals surface area (Å²) in [6, 6.07) is 0. The van der Waals surface area contributed by atoms with Crippen LogP contribution in [0.25, 0.3) is 0 Å². The Morgan fingerprint density at radius 2 is 1.12 bits per heavy atom. The highest BCUT2D eigenvalue weighted by atomic mass is 31.2. The molecule has 0 radical (unpaired) electrons. The third-order valence-electron chi connectivity index (χ3n) is 7.83. The Balaban J connectivity index is 4.18. The molecule has 282 valence electrons. The van der Waals surface area contributed by atoms with Gasteiger partial charge in [-0.1, -0.05) is 146 Å². The first-order chi connectivity index (χ1) is 23.7. The van der Waals surface area contributed by atoms with Gasteiger partial charge in [-0.25, -0.2) is 4.57 Å². The summed E-state index contributed by atoms with van der Waals surface area (Å²) in [5.41, 5.74) is 0. The van der Waals surface area contributed by atoms with Crippen molar-refractivity contribution in [3.8, 4) is 0 Å². The third-order valence-corrected chi connectivity index (χ3v) is 8.31. The SMILES string of the molecule is CCCCC/C=C\C/C=C\C/C=C\C=C\C(=O)CCCC(=O)OC[C@H](COP(=O)(O)O)OC(=O)CCCCCCCCCCCCCCC. The minimum Gasteiger partial charge on any atom is -0.462 e. The van der Waals surface area contributed by atoms with Crippen LogP contribution in [0.15, 0.2) is 48.6 Å². The van der Waals surface area contributed by atoms with Gasteiger partial charge < -0.3 is 19.3 Å². The number of phosphoric ester groups is 1. The molecule has 0 heterocycles. The van der Waals surface area contributed by atoms with Gasteiger partial charge in [0.25, 0.3) is 0 Å². The second-order valence-corrected chi connectivity index (χ2v) is 13.8. The molecule has 0 aromatic heterocycles. The van der Waals surface area contributed by atoms with Crippen molar-refractivity contribution in [1.29, 1.82) is 0 Å². The first-order valence-electron chi connectivity index (χ1n) is 18.9. The Morgan fingerprint density at radius 1 is 0.592 bits per heavy atom. The fourth-order valence-corrected chi connectivity index (χ4v) is 5.33. The van der Waals surface area contributed by atoms with E-state index in [1.54, 1.807) is 6.08 Å². The molecule has 0 aromatic carbocycles. The lowest BCUT2D eigenvalue weighted by Crippen LogP contribution is -2.29. The number of ether oxygens (including phenoxy) is 2. The molecule has 0 bridgehead atoms. The maximum atomic E-state index is 12.3. The van der Waals surface area contributed by atoms with E-state index in [9.17, 15) is 18.9 Å². The predicted octanol–water partition coefficient (Wildman–Crippen LogP) is 10.4. The molecular weight excluding hydrogens is 643 g/mol. The van der Waals surface area contributed by atoms with Gasteiger partial charge in [0.05, 0.1) is 6.61 Å². The van der Waals surface area contributed by atoms with Crippen molar-refractivity contribution < 1.29 is 42.7 Å². The maximum Gasteiger partial charge on any atom is 0.469 e. The Bertz CT molecular complexity index is 996. The molecule has 0 fully saturated rings. The molecule has 10 heteroatoms. The summed E-state index contributed by atoms with van der Waals surface area (Å²) in [4.78, 5) is 54.7. The summed E-state index contributed by atoms with van der Waals surface area (Å²) in [6.07, 6.45) is 36.9. The van der Waals surface area contributed by atoms with Gasteiger partial charge >= 0.3 is 19.8 Å². The predicted molar refractivity (Wildman–Crippen MR) is 198 cm³/mol. The monoisotopic (exact) mass is 710 g/mol. The van der Waals surface area contributed by atoms with Crippen molar-refractivity contribution in [2.45, 2.75) is 168 Å². The Kier molecular flexibility index (Phi) is 32.5. The lowest BCUT2D eigenvalue weighted by Gasteiger charge is -2.18. The third kappa shape index (κ3) is 36.8. The van der Waals surface area contributed by atoms with Gasteiger partial charge in [0.15, 0.2) is 11.9 Å². The van der Waals surface area contributed by atoms with Crippen LogP contribution in [-0.4, -0.2) is 46.8 Å². The van der Waals surface area contributed by atoms with E-state index < -0.39 is 39.1 Å². The van der Waals surface area contributed by atoms with Crippen LogP contribution < -0.4 is 0 Å². The minimum atomic E-state index is -4.80. The molecule has 0 rings (SSSR count). The number of carbonyl (C=O) groups is 3. The highest BCUT2D eigenvalue weighted by Gasteiger charge is 2.23. The topological polar surface area (TPSA) is 136 Å². The second kappa shape index (κ2) is 34.1. The molecular formula is C39H67O9P. The zero-order chi connectivity index (χ0) is 36.3. The molecule has 0 aliphatic heterocycles. The van der Waals surface area contributed by atoms with Gasteiger partial charge in [0.1, 0.15) is 6.61 Å². The van der Waals surface area contributed by atoms with Gasteiger partial charge in [-0.15, -0.1) is 0 Å². The van der Waals surface area contributed by atoms with Gasteiger partial charge in [0.2, 0.25) is 0 Å². The molecule has 49 heavy (non-hydrogen) atoms. The number of esters is 2. The zero-order valence-electron chi connectivity index (χ0n) is 30.6. The van der Waals surface area contributed by atoms with Crippen LogP contribution >= 0.6 is 7.82 Å².